The molecule has 0 saturated heterocycles. The molecule has 0 aliphatic carbocycles. The van der Waals surface area contributed by atoms with Crippen molar-refractivity contribution in [2.24, 2.45) is 5.41 Å². The predicted molar refractivity (Wildman–Crippen MR) is 82.5 cm³/mol. The maximum Gasteiger partial charge on any atom is -0.0132 e. The molecule has 0 saturated carbocycles. The van der Waals surface area contributed by atoms with Crippen LogP contribution in [0.4, 0.5) is 0 Å². The molecule has 0 spiro atoms. The van der Waals surface area contributed by atoms with Crippen LogP contribution in [0.5, 0.6) is 0 Å². The first-order valence-electron chi connectivity index (χ1n) is 6.28. The Kier molecular flexibility index (Phi) is 3.13. The molecule has 18 heavy (non-hydrogen) atoms. The van der Waals surface area contributed by atoms with Crippen molar-refractivity contribution in [2.75, 3.05) is 0 Å². The van der Waals surface area contributed by atoms with E-state index < -0.39 is 0 Å². The lowest BCUT2D eigenvalue weighted by atomic mass is 9.81. The van der Waals surface area contributed by atoms with Crippen molar-refractivity contribution in [1.29, 1.82) is 0 Å². The molecule has 2 aromatic carbocycles. The molecule has 0 radical (unpaired) electrons. The smallest absolute Gasteiger partial charge is 0.0132 e. The minimum absolute atomic E-state index is 0.0697. The Morgan fingerprint density at radius 2 is 1.61 bits per heavy atom. The summed E-state index contributed by atoms with van der Waals surface area (Å²) in [6, 6.07) is 12.8. The monoisotopic (exact) mass is 236 g/mol. The van der Waals surface area contributed by atoms with Crippen LogP contribution in [-0.2, 0) is 0 Å². The molecule has 2 rings (SSSR count). The lowest BCUT2D eigenvalue weighted by Gasteiger charge is -2.24. The normalized spacial score (nSPS) is 11.5. The van der Waals surface area contributed by atoms with Crippen LogP contribution >= 0.6 is 0 Å². The summed E-state index contributed by atoms with van der Waals surface area (Å²) in [7, 11) is 0. The molecule has 0 aliphatic heterocycles. The first-order chi connectivity index (χ1) is 8.43. The van der Waals surface area contributed by atoms with E-state index in [1.807, 2.05) is 6.08 Å². The van der Waals surface area contributed by atoms with E-state index in [1.165, 1.54) is 16.3 Å². The van der Waals surface area contributed by atoms with E-state index in [1.54, 1.807) is 0 Å². The van der Waals surface area contributed by atoms with Crippen molar-refractivity contribution in [3.05, 3.63) is 60.7 Å². The summed E-state index contributed by atoms with van der Waals surface area (Å²) in [5.74, 6) is 0. The average molecular weight is 236 g/mol. The second kappa shape index (κ2) is 4.45. The van der Waals surface area contributed by atoms with Gasteiger partial charge >= 0.3 is 0 Å². The van der Waals surface area contributed by atoms with Crippen molar-refractivity contribution < 1.29 is 0 Å². The number of benzene rings is 2. The lowest BCUT2D eigenvalue weighted by Crippen LogP contribution is -2.08. The highest BCUT2D eigenvalue weighted by Gasteiger charge is 2.18. The summed E-state index contributed by atoms with van der Waals surface area (Å²) in [6.45, 7) is 14.8. The fraction of sp³-hybridized carbons (Fsp3) is 0.222. The van der Waals surface area contributed by atoms with Crippen LogP contribution in [0, 0.1) is 5.41 Å². The molecule has 0 nitrogen and oxygen atoms in total. The Hall–Kier alpha value is -1.82. The van der Waals surface area contributed by atoms with Crippen molar-refractivity contribution in [2.45, 2.75) is 20.8 Å². The van der Waals surface area contributed by atoms with Crippen LogP contribution in [0.1, 0.15) is 31.9 Å². The number of fused-ring (bicyclic) bond motifs is 1. The van der Waals surface area contributed by atoms with E-state index in [0.717, 1.165) is 11.1 Å². The van der Waals surface area contributed by atoms with Gasteiger partial charge in [0, 0.05) is 0 Å². The average Bonchev–Trinajstić information content (AvgIpc) is 2.35. The van der Waals surface area contributed by atoms with E-state index in [4.69, 9.17) is 0 Å². The maximum absolute atomic E-state index is 4.26. The first kappa shape index (κ1) is 12.6. The van der Waals surface area contributed by atoms with Gasteiger partial charge in [-0.05, 0) is 45.0 Å². The Morgan fingerprint density at radius 1 is 1.06 bits per heavy atom. The summed E-state index contributed by atoms with van der Waals surface area (Å²) in [5, 5.41) is 2.50. The van der Waals surface area contributed by atoms with Gasteiger partial charge in [0.1, 0.15) is 0 Å². The van der Waals surface area contributed by atoms with Gasteiger partial charge in [0.2, 0.25) is 0 Å². The summed E-state index contributed by atoms with van der Waals surface area (Å²) < 4.78 is 0. The second-order valence-corrected chi connectivity index (χ2v) is 5.72. The summed E-state index contributed by atoms with van der Waals surface area (Å²) in [6.07, 6.45) is 1.92. The Bertz CT molecular complexity index is 609. The SMILES string of the molecule is C=Cc1cc2ccccc2cc1C(=C)C(C)(C)C. The number of hydrogen-bond donors (Lipinski definition) is 0. The maximum atomic E-state index is 4.26. The topological polar surface area (TPSA) is 0 Å². The molecule has 2 aromatic rings. The van der Waals surface area contributed by atoms with Gasteiger partial charge in [-0.15, -0.1) is 0 Å². The summed E-state index contributed by atoms with van der Waals surface area (Å²) in [4.78, 5) is 0. The van der Waals surface area contributed by atoms with Crippen molar-refractivity contribution in [1.82, 2.24) is 0 Å². The third-order valence-corrected chi connectivity index (χ3v) is 3.37. The van der Waals surface area contributed by atoms with Crippen LogP contribution in [0.3, 0.4) is 0 Å². The molecule has 0 aromatic heterocycles. The number of rotatable bonds is 2. The predicted octanol–water partition coefficient (Wildman–Crippen LogP) is 5.54. The van der Waals surface area contributed by atoms with Gasteiger partial charge < -0.3 is 0 Å². The van der Waals surface area contributed by atoms with Crippen LogP contribution in [0.15, 0.2) is 49.6 Å². The molecular weight excluding hydrogens is 216 g/mol. The zero-order chi connectivity index (χ0) is 13.3. The minimum atomic E-state index is 0.0697. The summed E-state index contributed by atoms with van der Waals surface area (Å²) in [5.41, 5.74) is 3.59. The number of hydrogen-bond acceptors (Lipinski definition) is 0. The lowest BCUT2D eigenvalue weighted by molar-refractivity contribution is 0.568. The van der Waals surface area contributed by atoms with Gasteiger partial charge in [0.15, 0.2) is 0 Å². The first-order valence-corrected chi connectivity index (χ1v) is 6.28. The van der Waals surface area contributed by atoms with Gasteiger partial charge in [-0.25, -0.2) is 0 Å². The van der Waals surface area contributed by atoms with Crippen LogP contribution in [0.2, 0.25) is 0 Å². The fourth-order valence-electron chi connectivity index (χ4n) is 2.09. The largest absolute Gasteiger partial charge is 0.0984 e. The van der Waals surface area contributed by atoms with E-state index in [-0.39, 0.29) is 5.41 Å². The molecule has 0 amide bonds. The zero-order valence-corrected chi connectivity index (χ0v) is 11.5. The Morgan fingerprint density at radius 3 is 2.11 bits per heavy atom. The van der Waals surface area contributed by atoms with Gasteiger partial charge in [0.25, 0.3) is 0 Å². The van der Waals surface area contributed by atoms with Crippen LogP contribution in [0.25, 0.3) is 22.4 Å². The van der Waals surface area contributed by atoms with Gasteiger partial charge in [-0.2, -0.15) is 0 Å². The van der Waals surface area contributed by atoms with Gasteiger partial charge in [-0.3, -0.25) is 0 Å². The van der Waals surface area contributed by atoms with E-state index in [0.29, 0.717) is 0 Å². The molecular formula is C18H20. The van der Waals surface area contributed by atoms with Crippen molar-refractivity contribution >= 4 is 22.4 Å². The third kappa shape index (κ3) is 2.24. The Balaban J connectivity index is 2.69. The standard InChI is InChI=1S/C18H20/c1-6-14-11-15-9-7-8-10-16(15)12-17(14)13(2)18(3,4)5/h6-12H,1-2H2,3-5H3. The molecule has 92 valence electrons. The van der Waals surface area contributed by atoms with Gasteiger partial charge in [-0.1, -0.05) is 64.3 Å². The molecule has 0 heteroatoms. The Labute approximate surface area is 110 Å². The summed E-state index contributed by atoms with van der Waals surface area (Å²) >= 11 is 0. The van der Waals surface area contributed by atoms with E-state index in [2.05, 4.69) is 70.3 Å². The molecule has 0 fully saturated rings. The van der Waals surface area contributed by atoms with Crippen molar-refractivity contribution in [3.63, 3.8) is 0 Å². The molecule has 0 heterocycles. The highest BCUT2D eigenvalue weighted by atomic mass is 14.2. The quantitative estimate of drug-likeness (QED) is 0.642. The highest BCUT2D eigenvalue weighted by Crippen LogP contribution is 2.36. The number of allylic oxidation sites excluding steroid dienone is 1. The third-order valence-electron chi connectivity index (χ3n) is 3.37. The van der Waals surface area contributed by atoms with Gasteiger partial charge in [0.05, 0.1) is 0 Å². The zero-order valence-electron chi connectivity index (χ0n) is 11.5. The molecule has 0 bridgehead atoms. The highest BCUT2D eigenvalue weighted by molar-refractivity contribution is 5.90. The van der Waals surface area contributed by atoms with E-state index in [9.17, 15) is 0 Å². The van der Waals surface area contributed by atoms with Crippen molar-refractivity contribution in [3.8, 4) is 0 Å². The molecule has 0 atom stereocenters. The fourth-order valence-corrected chi connectivity index (χ4v) is 2.09. The van der Waals surface area contributed by atoms with Crippen LogP contribution < -0.4 is 0 Å². The minimum Gasteiger partial charge on any atom is -0.0984 e. The van der Waals surface area contributed by atoms with Crippen LogP contribution in [-0.4, -0.2) is 0 Å². The molecule has 0 unspecified atom stereocenters. The second-order valence-electron chi connectivity index (χ2n) is 5.72. The van der Waals surface area contributed by atoms with E-state index >= 15 is 0 Å². The molecule has 0 N–H and O–H groups in total. The molecule has 0 aliphatic rings.